The average Bonchev–Trinajstić information content (AvgIpc) is 2.13. The topological polar surface area (TPSA) is 63.7 Å². The molecule has 0 atom stereocenters. The van der Waals surface area contributed by atoms with Gasteiger partial charge >= 0.3 is 6.09 Å². The zero-order valence-electron chi connectivity index (χ0n) is 11.6. The van der Waals surface area contributed by atoms with Gasteiger partial charge < -0.3 is 4.74 Å². The number of hydrogen-bond donors (Lipinski definition) is 0. The third-order valence-corrected chi connectivity index (χ3v) is 4.00. The Bertz CT molecular complexity index is 391. The quantitative estimate of drug-likeness (QED) is 0.778. The summed E-state index contributed by atoms with van der Waals surface area (Å²) < 4.78 is 29.7. The van der Waals surface area contributed by atoms with E-state index in [1.165, 1.54) is 0 Å². The van der Waals surface area contributed by atoms with Crippen LogP contribution in [0.25, 0.3) is 0 Å². The van der Waals surface area contributed by atoms with Gasteiger partial charge in [0, 0.05) is 0 Å². The van der Waals surface area contributed by atoms with Crippen LogP contribution in [0.15, 0.2) is 0 Å². The minimum atomic E-state index is -3.58. The molecule has 0 aromatic carbocycles. The third kappa shape index (κ3) is 4.48. The van der Waals surface area contributed by atoms with Gasteiger partial charge in [0.1, 0.15) is 5.60 Å². The van der Waals surface area contributed by atoms with Crippen LogP contribution in [0.2, 0.25) is 0 Å². The van der Waals surface area contributed by atoms with Crippen molar-refractivity contribution in [3.05, 3.63) is 0 Å². The Hall–Kier alpha value is -0.780. The van der Waals surface area contributed by atoms with E-state index in [1.807, 2.05) is 0 Å². The van der Waals surface area contributed by atoms with Crippen molar-refractivity contribution in [1.82, 2.24) is 4.31 Å². The van der Waals surface area contributed by atoms with Crippen molar-refractivity contribution >= 4 is 16.1 Å². The molecule has 0 unspecified atom stereocenters. The van der Waals surface area contributed by atoms with Gasteiger partial charge in [-0.1, -0.05) is 19.3 Å². The minimum Gasteiger partial charge on any atom is -0.443 e. The van der Waals surface area contributed by atoms with Crippen LogP contribution in [0, 0.1) is 0 Å². The van der Waals surface area contributed by atoms with E-state index in [2.05, 4.69) is 0 Å². The summed E-state index contributed by atoms with van der Waals surface area (Å²) >= 11 is 0. The van der Waals surface area contributed by atoms with Crippen molar-refractivity contribution in [3.8, 4) is 0 Å². The number of carbonyl (C=O) groups excluding carboxylic acids is 1. The number of ether oxygens (including phenoxy) is 1. The molecule has 0 heterocycles. The predicted molar refractivity (Wildman–Crippen MR) is 69.8 cm³/mol. The monoisotopic (exact) mass is 277 g/mol. The lowest BCUT2D eigenvalue weighted by Gasteiger charge is -2.33. The largest absolute Gasteiger partial charge is 0.443 e. The zero-order valence-corrected chi connectivity index (χ0v) is 12.4. The van der Waals surface area contributed by atoms with E-state index in [0.29, 0.717) is 0 Å². The summed E-state index contributed by atoms with van der Waals surface area (Å²) in [5.41, 5.74) is -0.686. The molecule has 0 spiro atoms. The highest BCUT2D eigenvalue weighted by atomic mass is 32.2. The smallest absolute Gasteiger partial charge is 0.424 e. The molecule has 0 aromatic rings. The zero-order chi connectivity index (χ0) is 14.0. The highest BCUT2D eigenvalue weighted by Crippen LogP contribution is 2.26. The molecule has 1 saturated carbocycles. The standard InChI is InChI=1S/C12H23NO4S/c1-12(2,3)17-11(14)13(18(4,15)16)10-8-6-5-7-9-10/h10H,5-9H2,1-4H3. The fourth-order valence-corrected chi connectivity index (χ4v) is 3.24. The van der Waals surface area contributed by atoms with E-state index >= 15 is 0 Å². The Morgan fingerprint density at radius 2 is 1.67 bits per heavy atom. The molecule has 6 heteroatoms. The van der Waals surface area contributed by atoms with Crippen LogP contribution in [0.1, 0.15) is 52.9 Å². The van der Waals surface area contributed by atoms with Crippen molar-refractivity contribution in [2.75, 3.05) is 6.26 Å². The maximum atomic E-state index is 12.0. The highest BCUT2D eigenvalue weighted by molar-refractivity contribution is 7.88. The Morgan fingerprint density at radius 3 is 2.06 bits per heavy atom. The van der Waals surface area contributed by atoms with Crippen LogP contribution in [0.3, 0.4) is 0 Å². The molecule has 1 fully saturated rings. The number of hydrogen-bond acceptors (Lipinski definition) is 4. The molecule has 5 nitrogen and oxygen atoms in total. The second kappa shape index (κ2) is 5.47. The molecule has 1 rings (SSSR count). The number of amides is 1. The van der Waals surface area contributed by atoms with Gasteiger partial charge in [-0.05, 0) is 33.6 Å². The predicted octanol–water partition coefficient (Wildman–Crippen LogP) is 2.52. The van der Waals surface area contributed by atoms with E-state index in [9.17, 15) is 13.2 Å². The Morgan fingerprint density at radius 1 is 1.17 bits per heavy atom. The molecule has 0 saturated heterocycles. The molecule has 0 radical (unpaired) electrons. The summed E-state index contributed by atoms with van der Waals surface area (Å²) in [7, 11) is -3.58. The minimum absolute atomic E-state index is 0.247. The molecule has 0 aromatic heterocycles. The number of nitrogens with zero attached hydrogens (tertiary/aromatic N) is 1. The highest BCUT2D eigenvalue weighted by Gasteiger charge is 2.35. The van der Waals surface area contributed by atoms with Crippen molar-refractivity contribution in [2.24, 2.45) is 0 Å². The molecule has 18 heavy (non-hydrogen) atoms. The Kier molecular flexibility index (Phi) is 4.64. The van der Waals surface area contributed by atoms with Crippen LogP contribution in [-0.2, 0) is 14.8 Å². The van der Waals surface area contributed by atoms with Crippen LogP contribution in [0.4, 0.5) is 4.79 Å². The van der Waals surface area contributed by atoms with Gasteiger partial charge in [0.05, 0.1) is 12.3 Å². The summed E-state index contributed by atoms with van der Waals surface area (Å²) in [4.78, 5) is 12.0. The van der Waals surface area contributed by atoms with Gasteiger partial charge in [-0.2, -0.15) is 0 Å². The first-order chi connectivity index (χ1) is 8.11. The molecule has 0 bridgehead atoms. The first-order valence-corrected chi connectivity index (χ1v) is 8.18. The Balaban J connectivity index is 2.88. The van der Waals surface area contributed by atoms with Crippen LogP contribution in [-0.4, -0.2) is 36.7 Å². The van der Waals surface area contributed by atoms with Gasteiger partial charge in [-0.3, -0.25) is 0 Å². The van der Waals surface area contributed by atoms with E-state index in [-0.39, 0.29) is 6.04 Å². The SMILES string of the molecule is CC(C)(C)OC(=O)N(C1CCCCC1)S(C)(=O)=O. The summed E-state index contributed by atoms with van der Waals surface area (Å²) in [6.45, 7) is 5.19. The van der Waals surface area contributed by atoms with E-state index in [1.54, 1.807) is 20.8 Å². The van der Waals surface area contributed by atoms with E-state index in [0.717, 1.165) is 42.7 Å². The lowest BCUT2D eigenvalue weighted by atomic mass is 9.96. The lowest BCUT2D eigenvalue weighted by Crippen LogP contribution is -2.47. The van der Waals surface area contributed by atoms with Crippen LogP contribution in [0.5, 0.6) is 0 Å². The summed E-state index contributed by atoms with van der Waals surface area (Å²) in [5, 5.41) is 0. The summed E-state index contributed by atoms with van der Waals surface area (Å²) in [5.74, 6) is 0. The molecular weight excluding hydrogens is 254 g/mol. The fourth-order valence-electron chi connectivity index (χ4n) is 2.18. The van der Waals surface area contributed by atoms with Gasteiger partial charge in [-0.25, -0.2) is 17.5 Å². The normalized spacial score (nSPS) is 18.4. The van der Waals surface area contributed by atoms with Gasteiger partial charge in [0.25, 0.3) is 0 Å². The van der Waals surface area contributed by atoms with Crippen molar-refractivity contribution in [3.63, 3.8) is 0 Å². The van der Waals surface area contributed by atoms with Gasteiger partial charge in [0.15, 0.2) is 0 Å². The van der Waals surface area contributed by atoms with Crippen molar-refractivity contribution < 1.29 is 17.9 Å². The van der Waals surface area contributed by atoms with Crippen molar-refractivity contribution in [1.29, 1.82) is 0 Å². The third-order valence-electron chi connectivity index (χ3n) is 2.84. The van der Waals surface area contributed by atoms with E-state index in [4.69, 9.17) is 4.74 Å². The summed E-state index contributed by atoms with van der Waals surface area (Å²) in [6, 6.07) is -0.247. The number of rotatable bonds is 2. The van der Waals surface area contributed by atoms with Gasteiger partial charge in [-0.15, -0.1) is 0 Å². The molecular formula is C12H23NO4S. The molecule has 1 aliphatic rings. The second-order valence-electron chi connectivity index (χ2n) is 5.83. The maximum Gasteiger partial charge on any atom is 0.424 e. The molecule has 0 N–H and O–H groups in total. The summed E-state index contributed by atoms with van der Waals surface area (Å²) in [6.07, 6.45) is 4.78. The van der Waals surface area contributed by atoms with Crippen LogP contribution < -0.4 is 0 Å². The molecule has 106 valence electrons. The van der Waals surface area contributed by atoms with Gasteiger partial charge in [0.2, 0.25) is 10.0 Å². The Labute approximate surface area is 110 Å². The first kappa shape index (κ1) is 15.3. The van der Waals surface area contributed by atoms with E-state index < -0.39 is 21.7 Å². The number of carbonyl (C=O) groups is 1. The maximum absolute atomic E-state index is 12.0. The van der Waals surface area contributed by atoms with Crippen LogP contribution >= 0.6 is 0 Å². The molecule has 1 amide bonds. The average molecular weight is 277 g/mol. The number of sulfonamides is 1. The van der Waals surface area contributed by atoms with Crippen molar-refractivity contribution in [2.45, 2.75) is 64.5 Å². The lowest BCUT2D eigenvalue weighted by molar-refractivity contribution is 0.0316. The molecule has 1 aliphatic carbocycles. The molecule has 0 aliphatic heterocycles. The fraction of sp³-hybridized carbons (Fsp3) is 0.917. The first-order valence-electron chi connectivity index (χ1n) is 6.33. The second-order valence-corrected chi connectivity index (χ2v) is 7.69.